The lowest BCUT2D eigenvalue weighted by molar-refractivity contribution is 0.168. The van der Waals surface area contributed by atoms with Gasteiger partial charge in [-0.2, -0.15) is 5.26 Å². The Hall–Kier alpha value is -1.73. The zero-order valence-corrected chi connectivity index (χ0v) is 12.7. The van der Waals surface area contributed by atoms with Crippen molar-refractivity contribution in [2.24, 2.45) is 5.92 Å². The summed E-state index contributed by atoms with van der Waals surface area (Å²) in [6, 6.07) is 11.2. The maximum absolute atomic E-state index is 9.26. The van der Waals surface area contributed by atoms with Crippen LogP contribution in [0.1, 0.15) is 19.3 Å². The Morgan fingerprint density at radius 1 is 1.14 bits per heavy atom. The van der Waals surface area contributed by atoms with Crippen molar-refractivity contribution in [1.82, 2.24) is 4.90 Å². The first-order valence-corrected chi connectivity index (χ1v) is 7.85. The molecule has 1 aromatic carbocycles. The standard InChI is InChI=1S/C17H23N3O/c1-21-17-8-3-2-6-16(17)20-11-9-19(10-12-20)15-7-4-5-14(15)13-18/h2-3,6,8,14-15H,4-5,7,9-12H2,1H3. The Morgan fingerprint density at radius 3 is 2.62 bits per heavy atom. The lowest BCUT2D eigenvalue weighted by Gasteiger charge is -2.40. The number of hydrogen-bond donors (Lipinski definition) is 0. The van der Waals surface area contributed by atoms with E-state index in [1.165, 1.54) is 18.5 Å². The van der Waals surface area contributed by atoms with Crippen LogP contribution in [0.5, 0.6) is 5.75 Å². The first-order valence-electron chi connectivity index (χ1n) is 7.85. The summed E-state index contributed by atoms with van der Waals surface area (Å²) in [5, 5.41) is 9.26. The number of nitrogens with zero attached hydrogens (tertiary/aromatic N) is 3. The van der Waals surface area contributed by atoms with Gasteiger partial charge in [-0.05, 0) is 25.0 Å². The Balaban J connectivity index is 1.64. The van der Waals surface area contributed by atoms with E-state index in [2.05, 4.69) is 28.0 Å². The van der Waals surface area contributed by atoms with E-state index in [1.807, 2.05) is 12.1 Å². The van der Waals surface area contributed by atoms with Crippen LogP contribution in [-0.4, -0.2) is 44.2 Å². The molecule has 1 aliphatic carbocycles. The van der Waals surface area contributed by atoms with Gasteiger partial charge >= 0.3 is 0 Å². The van der Waals surface area contributed by atoms with Gasteiger partial charge in [0.25, 0.3) is 0 Å². The number of methoxy groups -OCH3 is 1. The van der Waals surface area contributed by atoms with E-state index in [0.717, 1.165) is 38.3 Å². The van der Waals surface area contributed by atoms with Crippen LogP contribution in [-0.2, 0) is 0 Å². The zero-order valence-electron chi connectivity index (χ0n) is 12.7. The van der Waals surface area contributed by atoms with Crippen LogP contribution >= 0.6 is 0 Å². The molecule has 1 aliphatic heterocycles. The van der Waals surface area contributed by atoms with Gasteiger partial charge in [-0.3, -0.25) is 4.90 Å². The van der Waals surface area contributed by atoms with Gasteiger partial charge in [-0.15, -0.1) is 0 Å². The highest BCUT2D eigenvalue weighted by molar-refractivity contribution is 5.58. The summed E-state index contributed by atoms with van der Waals surface area (Å²) in [4.78, 5) is 4.92. The van der Waals surface area contributed by atoms with Gasteiger partial charge in [-0.25, -0.2) is 0 Å². The third kappa shape index (κ3) is 2.84. The van der Waals surface area contributed by atoms with Crippen LogP contribution in [0.25, 0.3) is 0 Å². The number of nitriles is 1. The normalized spacial score (nSPS) is 26.6. The molecule has 0 N–H and O–H groups in total. The monoisotopic (exact) mass is 285 g/mol. The summed E-state index contributed by atoms with van der Waals surface area (Å²) in [7, 11) is 1.73. The summed E-state index contributed by atoms with van der Waals surface area (Å²) in [6.07, 6.45) is 3.47. The lowest BCUT2D eigenvalue weighted by Crippen LogP contribution is -2.51. The van der Waals surface area contributed by atoms with E-state index in [4.69, 9.17) is 4.74 Å². The highest BCUT2D eigenvalue weighted by atomic mass is 16.5. The topological polar surface area (TPSA) is 39.5 Å². The molecule has 1 saturated carbocycles. The number of benzene rings is 1. The summed E-state index contributed by atoms with van der Waals surface area (Å²) in [5.41, 5.74) is 1.18. The maximum atomic E-state index is 9.26. The number of anilines is 1. The maximum Gasteiger partial charge on any atom is 0.142 e. The number of ether oxygens (including phenoxy) is 1. The van der Waals surface area contributed by atoms with Gasteiger partial charge in [0.2, 0.25) is 0 Å². The van der Waals surface area contributed by atoms with Crippen molar-refractivity contribution in [2.75, 3.05) is 38.2 Å². The molecule has 2 unspecified atom stereocenters. The smallest absolute Gasteiger partial charge is 0.142 e. The van der Waals surface area contributed by atoms with Crippen molar-refractivity contribution in [2.45, 2.75) is 25.3 Å². The van der Waals surface area contributed by atoms with Crippen LogP contribution in [0.15, 0.2) is 24.3 Å². The largest absolute Gasteiger partial charge is 0.495 e. The molecule has 0 aromatic heterocycles. The summed E-state index contributed by atoms with van der Waals surface area (Å²) < 4.78 is 5.46. The molecule has 0 amide bonds. The van der Waals surface area contributed by atoms with E-state index in [1.54, 1.807) is 7.11 Å². The Morgan fingerprint density at radius 2 is 1.90 bits per heavy atom. The molecule has 0 radical (unpaired) electrons. The molecule has 4 heteroatoms. The summed E-state index contributed by atoms with van der Waals surface area (Å²) in [5.74, 6) is 1.18. The van der Waals surface area contributed by atoms with Crippen molar-refractivity contribution >= 4 is 5.69 Å². The van der Waals surface area contributed by atoms with Gasteiger partial charge in [0.15, 0.2) is 0 Å². The van der Waals surface area contributed by atoms with E-state index in [0.29, 0.717) is 6.04 Å². The van der Waals surface area contributed by atoms with Crippen molar-refractivity contribution in [3.8, 4) is 11.8 Å². The quantitative estimate of drug-likeness (QED) is 0.855. The van der Waals surface area contributed by atoms with Crippen molar-refractivity contribution in [1.29, 1.82) is 5.26 Å². The molecule has 2 atom stereocenters. The molecule has 112 valence electrons. The number of hydrogen-bond acceptors (Lipinski definition) is 4. The highest BCUT2D eigenvalue weighted by Gasteiger charge is 2.33. The van der Waals surface area contributed by atoms with E-state index in [9.17, 15) is 5.26 Å². The fourth-order valence-electron chi connectivity index (χ4n) is 3.71. The predicted molar refractivity (Wildman–Crippen MR) is 83.5 cm³/mol. The van der Waals surface area contributed by atoms with Gasteiger partial charge in [0.05, 0.1) is 24.8 Å². The minimum Gasteiger partial charge on any atom is -0.495 e. The van der Waals surface area contributed by atoms with E-state index >= 15 is 0 Å². The number of para-hydroxylation sites is 2. The molecule has 0 bridgehead atoms. The zero-order chi connectivity index (χ0) is 14.7. The molecule has 0 spiro atoms. The fourth-order valence-corrected chi connectivity index (χ4v) is 3.71. The van der Waals surface area contributed by atoms with Crippen LogP contribution in [0, 0.1) is 17.2 Å². The Bertz CT molecular complexity index is 517. The van der Waals surface area contributed by atoms with Crippen molar-refractivity contribution < 1.29 is 4.74 Å². The van der Waals surface area contributed by atoms with Crippen LogP contribution in [0.3, 0.4) is 0 Å². The number of rotatable bonds is 3. The molecular formula is C17H23N3O. The minimum absolute atomic E-state index is 0.239. The molecule has 2 aliphatic rings. The van der Waals surface area contributed by atoms with E-state index < -0.39 is 0 Å². The van der Waals surface area contributed by atoms with Crippen molar-refractivity contribution in [3.63, 3.8) is 0 Å². The van der Waals surface area contributed by atoms with Crippen molar-refractivity contribution in [3.05, 3.63) is 24.3 Å². The molecule has 2 fully saturated rings. The molecule has 1 heterocycles. The van der Waals surface area contributed by atoms with Crippen LogP contribution in [0.4, 0.5) is 5.69 Å². The second-order valence-electron chi connectivity index (χ2n) is 5.93. The third-order valence-corrected chi connectivity index (χ3v) is 4.85. The van der Waals surface area contributed by atoms with Gasteiger partial charge in [0.1, 0.15) is 5.75 Å². The minimum atomic E-state index is 0.239. The average Bonchev–Trinajstić information content (AvgIpc) is 3.03. The molecule has 21 heavy (non-hydrogen) atoms. The second kappa shape index (κ2) is 6.36. The molecule has 1 saturated heterocycles. The average molecular weight is 285 g/mol. The molecular weight excluding hydrogens is 262 g/mol. The first kappa shape index (κ1) is 14.2. The lowest BCUT2D eigenvalue weighted by atomic mass is 10.0. The van der Waals surface area contributed by atoms with Gasteiger partial charge in [-0.1, -0.05) is 18.6 Å². The third-order valence-electron chi connectivity index (χ3n) is 4.85. The Labute approximate surface area is 126 Å². The van der Waals surface area contributed by atoms with Gasteiger partial charge < -0.3 is 9.64 Å². The van der Waals surface area contributed by atoms with Crippen LogP contribution < -0.4 is 9.64 Å². The predicted octanol–water partition coefficient (Wildman–Crippen LogP) is 2.51. The Kier molecular flexibility index (Phi) is 4.31. The fraction of sp³-hybridized carbons (Fsp3) is 0.588. The molecule has 4 nitrogen and oxygen atoms in total. The first-order chi connectivity index (χ1) is 10.3. The van der Waals surface area contributed by atoms with Gasteiger partial charge in [0, 0.05) is 32.2 Å². The summed E-state index contributed by atoms with van der Waals surface area (Å²) >= 11 is 0. The summed E-state index contributed by atoms with van der Waals surface area (Å²) in [6.45, 7) is 4.10. The molecule has 1 aromatic rings. The van der Waals surface area contributed by atoms with E-state index in [-0.39, 0.29) is 5.92 Å². The van der Waals surface area contributed by atoms with Crippen LogP contribution in [0.2, 0.25) is 0 Å². The highest BCUT2D eigenvalue weighted by Crippen LogP contribution is 2.32. The molecule has 3 rings (SSSR count). The second-order valence-corrected chi connectivity index (χ2v) is 5.93. The SMILES string of the molecule is COc1ccccc1N1CCN(C2CCCC2C#N)CC1. The number of piperazine rings is 1.